The van der Waals surface area contributed by atoms with Gasteiger partial charge in [-0.1, -0.05) is 77.0 Å². The number of aromatic hydroxyl groups is 2. The highest BCUT2D eigenvalue weighted by molar-refractivity contribution is 7.99. The first-order chi connectivity index (χ1) is 19.2. The predicted octanol–water partition coefficient (Wildman–Crippen LogP) is 9.43. The monoisotopic (exact) mass is 602 g/mol. The number of alkyl halides is 5. The number of fused-ring (bicyclic) bond motifs is 1. The molecular weight excluding hydrogens is 563 g/mol. The maximum atomic E-state index is 14.4. The quantitative estimate of drug-likeness (QED) is 0.148. The highest BCUT2D eigenvalue weighted by Crippen LogP contribution is 2.61. The second-order valence-corrected chi connectivity index (χ2v) is 12.5. The van der Waals surface area contributed by atoms with E-state index in [1.54, 1.807) is 25.1 Å². The number of rotatable bonds is 14. The maximum absolute atomic E-state index is 14.4. The third-order valence-electron chi connectivity index (χ3n) is 8.50. The lowest BCUT2D eigenvalue weighted by molar-refractivity contribution is -0.286. The Bertz CT molecular complexity index is 1170. The van der Waals surface area contributed by atoms with Crippen LogP contribution in [-0.2, 0) is 10.2 Å². The second kappa shape index (κ2) is 13.2. The number of phenolic OH excluding ortho intramolecular Hbond substituents is 2. The van der Waals surface area contributed by atoms with Crippen LogP contribution in [0.4, 0.5) is 22.0 Å². The lowest BCUT2D eigenvalue weighted by atomic mass is 9.55. The molecule has 0 aliphatic carbocycles. The van der Waals surface area contributed by atoms with Crippen LogP contribution in [0.2, 0.25) is 0 Å². The van der Waals surface area contributed by atoms with E-state index in [-0.39, 0.29) is 17.9 Å². The highest BCUT2D eigenvalue weighted by atomic mass is 32.2. The van der Waals surface area contributed by atoms with Gasteiger partial charge in [0.05, 0.1) is 5.41 Å². The molecule has 1 aliphatic heterocycles. The van der Waals surface area contributed by atoms with Crippen LogP contribution in [-0.4, -0.2) is 39.1 Å². The van der Waals surface area contributed by atoms with Gasteiger partial charge in [-0.15, -0.1) is 11.8 Å². The fourth-order valence-electron chi connectivity index (χ4n) is 6.21. The van der Waals surface area contributed by atoms with Gasteiger partial charge in [-0.2, -0.15) is 22.0 Å². The van der Waals surface area contributed by atoms with Gasteiger partial charge in [0.2, 0.25) is 0 Å². The molecule has 2 aromatic rings. The van der Waals surface area contributed by atoms with Crippen molar-refractivity contribution >= 4 is 17.7 Å². The van der Waals surface area contributed by atoms with Gasteiger partial charge >= 0.3 is 18.1 Å². The molecule has 0 aromatic heterocycles. The van der Waals surface area contributed by atoms with Crippen LogP contribution < -0.4 is 0 Å². The van der Waals surface area contributed by atoms with Crippen LogP contribution in [0.25, 0.3) is 0 Å². The van der Waals surface area contributed by atoms with Gasteiger partial charge in [0.25, 0.3) is 0 Å². The first-order valence-electron chi connectivity index (χ1n) is 14.1. The molecule has 228 valence electrons. The zero-order chi connectivity index (χ0) is 30.5. The van der Waals surface area contributed by atoms with Crippen molar-refractivity contribution in [2.45, 2.75) is 106 Å². The molecule has 1 aliphatic rings. The number of thioether (sulfide) groups is 1. The Balaban J connectivity index is 2.15. The topological polar surface area (TPSA) is 77.8 Å². The molecule has 0 saturated carbocycles. The van der Waals surface area contributed by atoms with Crippen LogP contribution in [0.15, 0.2) is 47.4 Å². The molecule has 0 amide bonds. The van der Waals surface area contributed by atoms with E-state index >= 15 is 0 Å². The molecule has 3 N–H and O–H groups in total. The van der Waals surface area contributed by atoms with Crippen LogP contribution >= 0.6 is 11.8 Å². The van der Waals surface area contributed by atoms with E-state index in [0.29, 0.717) is 34.6 Å². The number of unbranched alkanes of at least 4 members (excludes halogenated alkanes) is 6. The van der Waals surface area contributed by atoms with Crippen molar-refractivity contribution < 1.29 is 42.1 Å². The van der Waals surface area contributed by atoms with E-state index in [4.69, 9.17) is 0 Å². The molecule has 41 heavy (non-hydrogen) atoms. The van der Waals surface area contributed by atoms with E-state index in [9.17, 15) is 42.1 Å². The molecular formula is C31H39F5O4S. The van der Waals surface area contributed by atoms with Crippen molar-refractivity contribution in [2.75, 3.05) is 5.75 Å². The average Bonchev–Trinajstić information content (AvgIpc) is 2.90. The summed E-state index contributed by atoms with van der Waals surface area (Å²) in [5.41, 5.74) is -1.83. The molecule has 3 unspecified atom stereocenters. The van der Waals surface area contributed by atoms with Gasteiger partial charge in [-0.3, -0.25) is 4.79 Å². The molecule has 0 radical (unpaired) electrons. The number of carboxylic acids is 1. The molecule has 1 heterocycles. The average molecular weight is 603 g/mol. The van der Waals surface area contributed by atoms with E-state index in [2.05, 4.69) is 6.92 Å². The van der Waals surface area contributed by atoms with Crippen molar-refractivity contribution in [3.8, 4) is 11.5 Å². The third-order valence-corrected chi connectivity index (χ3v) is 9.91. The highest BCUT2D eigenvalue weighted by Gasteiger charge is 2.61. The Morgan fingerprint density at radius 2 is 1.46 bits per heavy atom. The Hall–Kier alpha value is -2.49. The zero-order valence-corrected chi connectivity index (χ0v) is 24.3. The number of hydrogen-bond acceptors (Lipinski definition) is 4. The molecule has 3 rings (SSSR count). The lowest BCUT2D eigenvalue weighted by Gasteiger charge is -2.51. The molecule has 0 spiro atoms. The van der Waals surface area contributed by atoms with Crippen molar-refractivity contribution in [3.63, 3.8) is 0 Å². The van der Waals surface area contributed by atoms with Crippen molar-refractivity contribution in [1.29, 1.82) is 0 Å². The number of benzene rings is 2. The van der Waals surface area contributed by atoms with E-state index < -0.39 is 47.7 Å². The summed E-state index contributed by atoms with van der Waals surface area (Å²) in [4.78, 5) is 13.9. The zero-order valence-electron chi connectivity index (χ0n) is 23.4. The summed E-state index contributed by atoms with van der Waals surface area (Å²) in [5.74, 6) is -7.23. The standard InChI is InChI=1S/C31H39F5O4S/c1-3-4-5-6-7-8-9-16-29(27(39)40,17-18-30(32,33)31(34,35)36)26-24-15-14-23(38)19-25(24)41-20-28(26,2)21-10-12-22(37)13-11-21/h10-15,19,26,37-38H,3-9,16-18,20H2,1-2H3,(H,39,40). The summed E-state index contributed by atoms with van der Waals surface area (Å²) in [5, 5.41) is 30.9. The maximum Gasteiger partial charge on any atom is 0.453 e. The molecule has 0 fully saturated rings. The summed E-state index contributed by atoms with van der Waals surface area (Å²) in [6.07, 6.45) is -2.52. The number of hydrogen-bond donors (Lipinski definition) is 3. The summed E-state index contributed by atoms with van der Waals surface area (Å²) >= 11 is 1.36. The smallest absolute Gasteiger partial charge is 0.453 e. The van der Waals surface area contributed by atoms with E-state index in [1.807, 2.05) is 0 Å². The Morgan fingerprint density at radius 3 is 2.05 bits per heavy atom. The van der Waals surface area contributed by atoms with Gasteiger partial charge in [0.1, 0.15) is 11.5 Å². The second-order valence-electron chi connectivity index (χ2n) is 11.4. The molecule has 4 nitrogen and oxygen atoms in total. The normalized spacial score (nSPS) is 20.8. The Morgan fingerprint density at radius 1 is 0.878 bits per heavy atom. The predicted molar refractivity (Wildman–Crippen MR) is 150 cm³/mol. The van der Waals surface area contributed by atoms with Gasteiger partial charge in [0, 0.05) is 28.4 Å². The first kappa shape index (κ1) is 33.0. The largest absolute Gasteiger partial charge is 0.508 e. The van der Waals surface area contributed by atoms with Crippen LogP contribution in [0.3, 0.4) is 0 Å². The van der Waals surface area contributed by atoms with E-state index in [1.165, 1.54) is 36.0 Å². The van der Waals surface area contributed by atoms with Crippen molar-refractivity contribution in [1.82, 2.24) is 0 Å². The van der Waals surface area contributed by atoms with Gasteiger partial charge in [-0.25, -0.2) is 0 Å². The van der Waals surface area contributed by atoms with Gasteiger partial charge < -0.3 is 15.3 Å². The number of carboxylic acid groups (broad SMARTS) is 1. The van der Waals surface area contributed by atoms with Crippen LogP contribution in [0.5, 0.6) is 11.5 Å². The fourth-order valence-corrected chi connectivity index (χ4v) is 7.56. The van der Waals surface area contributed by atoms with Crippen LogP contribution in [0, 0.1) is 5.41 Å². The minimum atomic E-state index is -5.80. The lowest BCUT2D eigenvalue weighted by Crippen LogP contribution is -2.51. The number of phenols is 2. The summed E-state index contributed by atoms with van der Waals surface area (Å²) < 4.78 is 68.6. The minimum Gasteiger partial charge on any atom is -0.508 e. The fraction of sp³-hybridized carbons (Fsp3) is 0.581. The Kier molecular flexibility index (Phi) is 10.6. The first-order valence-corrected chi connectivity index (χ1v) is 15.1. The number of halogens is 5. The molecule has 3 atom stereocenters. The Labute approximate surface area is 242 Å². The molecule has 2 aromatic carbocycles. The summed E-state index contributed by atoms with van der Waals surface area (Å²) in [6.45, 7) is 3.89. The minimum absolute atomic E-state index is 0.0138. The molecule has 0 saturated heterocycles. The molecule has 0 bridgehead atoms. The van der Waals surface area contributed by atoms with Gasteiger partial charge in [-0.05, 0) is 48.2 Å². The van der Waals surface area contributed by atoms with E-state index in [0.717, 1.165) is 32.1 Å². The van der Waals surface area contributed by atoms with Crippen molar-refractivity contribution in [2.24, 2.45) is 5.41 Å². The summed E-state index contributed by atoms with van der Waals surface area (Å²) in [6, 6.07) is 10.6. The SMILES string of the molecule is CCCCCCCCCC(CCC(F)(F)C(F)(F)F)(C(=O)O)C1c2ccc(O)cc2SCC1(C)c1ccc(O)cc1. The third kappa shape index (κ3) is 7.30. The number of aliphatic carboxylic acids is 1. The molecule has 10 heteroatoms. The summed E-state index contributed by atoms with van der Waals surface area (Å²) in [7, 11) is 0. The van der Waals surface area contributed by atoms with Crippen LogP contribution in [0.1, 0.15) is 95.1 Å². The number of carbonyl (C=O) groups is 1. The van der Waals surface area contributed by atoms with Gasteiger partial charge in [0.15, 0.2) is 0 Å². The van der Waals surface area contributed by atoms with Crippen molar-refractivity contribution in [3.05, 3.63) is 53.6 Å².